The minimum absolute atomic E-state index is 0.155. The van der Waals surface area contributed by atoms with Crippen molar-refractivity contribution < 1.29 is 8.98 Å². The average molecular weight is 225 g/mol. The van der Waals surface area contributed by atoms with Gasteiger partial charge in [0.2, 0.25) is 0 Å². The van der Waals surface area contributed by atoms with Crippen molar-refractivity contribution >= 4 is 24.0 Å². The highest BCUT2D eigenvalue weighted by Crippen LogP contribution is 2.13. The monoisotopic (exact) mass is 225 g/mol. The van der Waals surface area contributed by atoms with E-state index in [0.29, 0.717) is 5.75 Å². The summed E-state index contributed by atoms with van der Waals surface area (Å²) in [6, 6.07) is 0. The Balaban J connectivity index is 3.81. The third kappa shape index (κ3) is 7.76. The van der Waals surface area contributed by atoms with E-state index in [1.165, 1.54) is 25.2 Å². The quantitative estimate of drug-likeness (QED) is 0.289. The van der Waals surface area contributed by atoms with Gasteiger partial charge < -0.3 is 4.18 Å². The molecule has 0 aliphatic carbocycles. The summed E-state index contributed by atoms with van der Waals surface area (Å²) in [4.78, 5) is 14.6. The summed E-state index contributed by atoms with van der Waals surface area (Å²) in [5, 5.41) is 0. The highest BCUT2D eigenvalue weighted by Gasteiger charge is 2.01. The van der Waals surface area contributed by atoms with Crippen LogP contribution in [0.25, 0.3) is 0 Å². The number of aliphatic imine (C=N–C) groups is 1. The maximum Gasteiger partial charge on any atom is 0.195 e. The fraction of sp³-hybridized carbons (Fsp3) is 0.273. The summed E-state index contributed by atoms with van der Waals surface area (Å²) in [6.45, 7) is 10.3. The molecule has 0 aromatic rings. The Kier molecular flexibility index (Phi) is 7.36. The van der Waals surface area contributed by atoms with Crippen LogP contribution in [0.4, 0.5) is 0 Å². The van der Waals surface area contributed by atoms with E-state index in [1.807, 2.05) is 13.0 Å². The lowest BCUT2D eigenvalue weighted by Crippen LogP contribution is -1.96. The van der Waals surface area contributed by atoms with E-state index < -0.39 is 0 Å². The minimum Gasteiger partial charge on any atom is -0.422 e. The van der Waals surface area contributed by atoms with Gasteiger partial charge in [0.1, 0.15) is 0 Å². The van der Waals surface area contributed by atoms with E-state index in [4.69, 9.17) is 4.18 Å². The van der Waals surface area contributed by atoms with Crippen LogP contribution in [-0.4, -0.2) is 17.8 Å². The van der Waals surface area contributed by atoms with E-state index in [2.05, 4.69) is 18.2 Å². The first-order valence-electron chi connectivity index (χ1n) is 4.37. The first kappa shape index (κ1) is 13.7. The normalized spacial score (nSPS) is 11.5. The standard InChI is InChI=1S/C11H15NO2S/c1-5-12-7-6-9(2)8-15-14-11(4)10(3)13/h5-7H,1,4,8H2,2-3H3/b9-6+,12-7-. The number of ketones is 1. The van der Waals surface area contributed by atoms with Crippen molar-refractivity contribution in [1.82, 2.24) is 0 Å². The van der Waals surface area contributed by atoms with E-state index >= 15 is 0 Å². The maximum atomic E-state index is 10.7. The van der Waals surface area contributed by atoms with Crippen LogP contribution < -0.4 is 0 Å². The number of carbonyl (C=O) groups excluding carboxylic acids is 1. The van der Waals surface area contributed by atoms with Crippen LogP contribution in [0, 0.1) is 0 Å². The third-order valence-electron chi connectivity index (χ3n) is 1.39. The Bertz CT molecular complexity index is 306. The van der Waals surface area contributed by atoms with Gasteiger partial charge in [-0.3, -0.25) is 9.79 Å². The molecule has 0 radical (unpaired) electrons. The molecule has 0 N–H and O–H groups in total. The number of nitrogens with zero attached hydrogens (tertiary/aromatic N) is 1. The van der Waals surface area contributed by atoms with Crippen LogP contribution in [0.1, 0.15) is 13.8 Å². The zero-order valence-corrected chi connectivity index (χ0v) is 9.84. The number of Topliss-reactive ketones (excluding diaryl/α,β-unsaturated/α-hetero) is 1. The zero-order valence-electron chi connectivity index (χ0n) is 9.03. The SMILES string of the molecule is C=C/N=C\C=C(/C)CSOC(=C)C(C)=O. The van der Waals surface area contributed by atoms with Crippen molar-refractivity contribution in [3.8, 4) is 0 Å². The predicted octanol–water partition coefficient (Wildman–Crippen LogP) is 2.91. The molecule has 0 spiro atoms. The van der Waals surface area contributed by atoms with E-state index in [-0.39, 0.29) is 11.5 Å². The first-order valence-corrected chi connectivity index (χ1v) is 5.28. The molecule has 0 atom stereocenters. The summed E-state index contributed by atoms with van der Waals surface area (Å²) in [6.07, 6.45) is 4.97. The molecule has 3 nitrogen and oxygen atoms in total. The van der Waals surface area contributed by atoms with Gasteiger partial charge in [0.25, 0.3) is 0 Å². The lowest BCUT2D eigenvalue weighted by molar-refractivity contribution is -0.115. The number of hydrogen-bond donors (Lipinski definition) is 0. The lowest BCUT2D eigenvalue weighted by Gasteiger charge is -2.03. The second-order valence-corrected chi connectivity index (χ2v) is 3.51. The maximum absolute atomic E-state index is 10.7. The van der Waals surface area contributed by atoms with Gasteiger partial charge in [-0.25, -0.2) is 0 Å². The molecular weight excluding hydrogens is 210 g/mol. The molecule has 0 fully saturated rings. The molecule has 0 aliphatic heterocycles. The fourth-order valence-electron chi connectivity index (χ4n) is 0.531. The van der Waals surface area contributed by atoms with Crippen LogP contribution in [0.2, 0.25) is 0 Å². The first-order chi connectivity index (χ1) is 7.07. The van der Waals surface area contributed by atoms with Gasteiger partial charge in [0, 0.05) is 19.3 Å². The van der Waals surface area contributed by atoms with Gasteiger partial charge in [-0.15, -0.1) is 0 Å². The molecule has 0 aliphatic rings. The van der Waals surface area contributed by atoms with Crippen molar-refractivity contribution in [2.75, 3.05) is 5.75 Å². The summed E-state index contributed by atoms with van der Waals surface area (Å²) in [5.41, 5.74) is 1.09. The smallest absolute Gasteiger partial charge is 0.195 e. The van der Waals surface area contributed by atoms with Crippen LogP contribution in [-0.2, 0) is 8.98 Å². The highest BCUT2D eigenvalue weighted by atomic mass is 32.2. The Morgan fingerprint density at radius 2 is 2.20 bits per heavy atom. The fourth-order valence-corrected chi connectivity index (χ4v) is 1.13. The molecule has 4 heteroatoms. The van der Waals surface area contributed by atoms with Crippen molar-refractivity contribution in [2.24, 2.45) is 4.99 Å². The van der Waals surface area contributed by atoms with E-state index in [9.17, 15) is 4.79 Å². The van der Waals surface area contributed by atoms with Gasteiger partial charge in [-0.2, -0.15) is 0 Å². The van der Waals surface area contributed by atoms with E-state index in [1.54, 1.807) is 6.21 Å². The molecule has 0 unspecified atom stereocenters. The van der Waals surface area contributed by atoms with Crippen molar-refractivity contribution in [2.45, 2.75) is 13.8 Å². The summed E-state index contributed by atoms with van der Waals surface area (Å²) in [7, 11) is 0. The molecule has 0 aromatic heterocycles. The lowest BCUT2D eigenvalue weighted by atomic mass is 10.3. The van der Waals surface area contributed by atoms with Crippen LogP contribution >= 0.6 is 12.0 Å². The minimum atomic E-state index is -0.155. The summed E-state index contributed by atoms with van der Waals surface area (Å²) < 4.78 is 5.05. The van der Waals surface area contributed by atoms with Crippen LogP contribution in [0.3, 0.4) is 0 Å². The number of allylic oxidation sites excluding steroid dienone is 2. The Morgan fingerprint density at radius 1 is 1.53 bits per heavy atom. The van der Waals surface area contributed by atoms with Gasteiger partial charge in [-0.05, 0) is 13.0 Å². The molecule has 0 amide bonds. The van der Waals surface area contributed by atoms with Gasteiger partial charge >= 0.3 is 0 Å². The third-order valence-corrected chi connectivity index (χ3v) is 2.28. The van der Waals surface area contributed by atoms with Crippen LogP contribution in [0.15, 0.2) is 41.8 Å². The second kappa shape index (κ2) is 8.05. The van der Waals surface area contributed by atoms with Crippen molar-refractivity contribution in [1.29, 1.82) is 0 Å². The van der Waals surface area contributed by atoms with Crippen molar-refractivity contribution in [3.05, 3.63) is 36.8 Å². The van der Waals surface area contributed by atoms with E-state index in [0.717, 1.165) is 5.57 Å². The highest BCUT2D eigenvalue weighted by molar-refractivity contribution is 7.94. The summed E-state index contributed by atoms with van der Waals surface area (Å²) in [5.74, 6) is 0.681. The topological polar surface area (TPSA) is 38.7 Å². The second-order valence-electron chi connectivity index (χ2n) is 2.82. The molecule has 0 heterocycles. The van der Waals surface area contributed by atoms with Gasteiger partial charge in [0.15, 0.2) is 11.5 Å². The van der Waals surface area contributed by atoms with Crippen molar-refractivity contribution in [3.63, 3.8) is 0 Å². The molecule has 0 bridgehead atoms. The Labute approximate surface area is 94.8 Å². The van der Waals surface area contributed by atoms with Gasteiger partial charge in [0.05, 0.1) is 17.8 Å². The Hall–Kier alpha value is -1.29. The largest absolute Gasteiger partial charge is 0.422 e. The zero-order chi connectivity index (χ0) is 11.7. The number of hydrogen-bond acceptors (Lipinski definition) is 4. The molecule has 82 valence electrons. The molecular formula is C11H15NO2S. The predicted molar refractivity (Wildman–Crippen MR) is 65.8 cm³/mol. The molecule has 15 heavy (non-hydrogen) atoms. The van der Waals surface area contributed by atoms with Gasteiger partial charge in [-0.1, -0.05) is 18.7 Å². The molecule has 0 rings (SSSR count). The number of rotatable bonds is 7. The Morgan fingerprint density at radius 3 is 2.73 bits per heavy atom. The van der Waals surface area contributed by atoms with Crippen LogP contribution in [0.5, 0.6) is 0 Å². The molecule has 0 saturated carbocycles. The summed E-state index contributed by atoms with van der Waals surface area (Å²) >= 11 is 1.18. The molecule has 0 saturated heterocycles. The number of carbonyl (C=O) groups is 1. The molecule has 0 aromatic carbocycles. The average Bonchev–Trinajstić information content (AvgIpc) is 2.18.